The van der Waals surface area contributed by atoms with Gasteiger partial charge in [-0.1, -0.05) is 73.4 Å². The van der Waals surface area contributed by atoms with Gasteiger partial charge in [-0.25, -0.2) is 0 Å². The number of para-hydroxylation sites is 2. The Hall–Kier alpha value is -2.32. The molecule has 2 aromatic heterocycles. The largest absolute Gasteiger partial charge is 0.308 e. The van der Waals surface area contributed by atoms with Crippen LogP contribution in [0.15, 0.2) is 60.7 Å². The predicted octanol–water partition coefficient (Wildman–Crippen LogP) is 5.38. The lowest BCUT2D eigenvalue weighted by Gasteiger charge is -2.17. The smallest absolute Gasteiger partial charge is 0.0776 e. The van der Waals surface area contributed by atoms with E-state index in [1.54, 1.807) is 5.19 Å². The van der Waals surface area contributed by atoms with Crippen molar-refractivity contribution in [3.63, 3.8) is 0 Å². The van der Waals surface area contributed by atoms with Crippen molar-refractivity contribution in [2.45, 2.75) is 19.6 Å². The van der Waals surface area contributed by atoms with Gasteiger partial charge in [-0.2, -0.15) is 0 Å². The first-order valence-corrected chi connectivity index (χ1v) is 11.7. The Kier molecular flexibility index (Phi) is 2.37. The lowest BCUT2D eigenvalue weighted by Crippen LogP contribution is -2.37. The fraction of sp³-hybridized carbons (Fsp3) is 0.143. The quantitative estimate of drug-likeness (QED) is 0.366. The van der Waals surface area contributed by atoms with Crippen molar-refractivity contribution < 1.29 is 0 Å². The third-order valence-corrected chi connectivity index (χ3v) is 7.09. The van der Waals surface area contributed by atoms with Crippen LogP contribution in [0, 0.1) is 0 Å². The van der Waals surface area contributed by atoms with Gasteiger partial charge in [-0.15, -0.1) is 0 Å². The zero-order chi connectivity index (χ0) is 15.8. The second-order valence-electron chi connectivity index (χ2n) is 7.54. The van der Waals surface area contributed by atoms with Crippen LogP contribution in [0.3, 0.4) is 0 Å². The molecule has 0 amide bonds. The minimum atomic E-state index is -1.37. The molecule has 5 aromatic rings. The SMILES string of the molecule is C[Si](C)(C)c1cc2c3ccccc3n3c4ccccc4c(c1)c23. The van der Waals surface area contributed by atoms with Gasteiger partial charge in [-0.3, -0.25) is 0 Å². The Bertz CT molecular complexity index is 1110. The maximum absolute atomic E-state index is 2.45. The number of hydrogen-bond donors (Lipinski definition) is 0. The van der Waals surface area contributed by atoms with Gasteiger partial charge in [0.1, 0.15) is 0 Å². The number of rotatable bonds is 1. The van der Waals surface area contributed by atoms with Crippen LogP contribution >= 0.6 is 0 Å². The summed E-state index contributed by atoms with van der Waals surface area (Å²) >= 11 is 0. The van der Waals surface area contributed by atoms with E-state index in [-0.39, 0.29) is 0 Å². The van der Waals surface area contributed by atoms with Gasteiger partial charge in [0.25, 0.3) is 0 Å². The van der Waals surface area contributed by atoms with Crippen molar-refractivity contribution in [3.8, 4) is 0 Å². The van der Waals surface area contributed by atoms with Gasteiger partial charge < -0.3 is 4.40 Å². The zero-order valence-electron chi connectivity index (χ0n) is 13.7. The molecule has 2 heteroatoms. The second-order valence-corrected chi connectivity index (χ2v) is 12.6. The third kappa shape index (κ3) is 1.62. The minimum absolute atomic E-state index is 1.32. The summed E-state index contributed by atoms with van der Waals surface area (Å²) < 4.78 is 2.45. The molecule has 0 aliphatic heterocycles. The topological polar surface area (TPSA) is 4.41 Å². The zero-order valence-corrected chi connectivity index (χ0v) is 14.7. The summed E-state index contributed by atoms with van der Waals surface area (Å²) in [5.74, 6) is 0. The molecule has 0 aliphatic rings. The molecule has 0 saturated heterocycles. The van der Waals surface area contributed by atoms with Crippen LogP contribution in [0.4, 0.5) is 0 Å². The molecule has 1 nitrogen and oxygen atoms in total. The van der Waals surface area contributed by atoms with E-state index < -0.39 is 8.07 Å². The highest BCUT2D eigenvalue weighted by molar-refractivity contribution is 6.89. The van der Waals surface area contributed by atoms with E-state index in [0.29, 0.717) is 0 Å². The molecular formula is C21H19NSi. The van der Waals surface area contributed by atoms with E-state index in [1.807, 2.05) is 0 Å². The fourth-order valence-corrected chi connectivity index (χ4v) is 5.04. The average Bonchev–Trinajstić information content (AvgIpc) is 3.05. The Balaban J connectivity index is 2.17. The van der Waals surface area contributed by atoms with Crippen molar-refractivity contribution in [2.75, 3.05) is 0 Å². The summed E-state index contributed by atoms with van der Waals surface area (Å²) in [6.07, 6.45) is 0. The summed E-state index contributed by atoms with van der Waals surface area (Å²) in [4.78, 5) is 0. The Labute approximate surface area is 136 Å². The number of hydrogen-bond acceptors (Lipinski definition) is 0. The number of fused-ring (bicyclic) bond motifs is 6. The molecule has 0 spiro atoms. The first-order chi connectivity index (χ1) is 11.1. The fourth-order valence-electron chi connectivity index (χ4n) is 3.88. The normalized spacial score (nSPS) is 13.0. The summed E-state index contributed by atoms with van der Waals surface area (Å²) in [6, 6.07) is 22.5. The maximum Gasteiger partial charge on any atom is 0.0776 e. The lowest BCUT2D eigenvalue weighted by atomic mass is 10.1. The molecular weight excluding hydrogens is 294 g/mol. The minimum Gasteiger partial charge on any atom is -0.308 e. The van der Waals surface area contributed by atoms with E-state index in [1.165, 1.54) is 38.1 Å². The first-order valence-electron chi connectivity index (χ1n) is 8.23. The molecule has 0 saturated carbocycles. The summed E-state index contributed by atoms with van der Waals surface area (Å²) in [5.41, 5.74) is 4.03. The van der Waals surface area contributed by atoms with Gasteiger partial charge in [0.05, 0.1) is 24.6 Å². The van der Waals surface area contributed by atoms with Gasteiger partial charge in [0.2, 0.25) is 0 Å². The number of aromatic nitrogens is 1. The van der Waals surface area contributed by atoms with Crippen molar-refractivity contribution in [1.82, 2.24) is 4.40 Å². The van der Waals surface area contributed by atoms with Crippen molar-refractivity contribution in [1.29, 1.82) is 0 Å². The van der Waals surface area contributed by atoms with Gasteiger partial charge >= 0.3 is 0 Å². The molecule has 2 heterocycles. The van der Waals surface area contributed by atoms with E-state index in [2.05, 4.69) is 84.7 Å². The summed E-state index contributed by atoms with van der Waals surface area (Å²) in [7, 11) is -1.37. The predicted molar refractivity (Wildman–Crippen MR) is 104 cm³/mol. The molecule has 0 unspecified atom stereocenters. The molecule has 0 fully saturated rings. The number of nitrogens with zero attached hydrogens (tertiary/aromatic N) is 1. The Morgan fingerprint density at radius 1 is 0.652 bits per heavy atom. The molecule has 0 aliphatic carbocycles. The molecule has 0 atom stereocenters. The van der Waals surface area contributed by atoms with Crippen LogP contribution in [0.25, 0.3) is 38.1 Å². The molecule has 3 aromatic carbocycles. The van der Waals surface area contributed by atoms with Gasteiger partial charge in [0, 0.05) is 21.5 Å². The van der Waals surface area contributed by atoms with E-state index in [4.69, 9.17) is 0 Å². The average molecular weight is 313 g/mol. The first kappa shape index (κ1) is 13.1. The highest BCUT2D eigenvalue weighted by Gasteiger charge is 2.22. The third-order valence-electron chi connectivity index (χ3n) is 5.07. The van der Waals surface area contributed by atoms with E-state index >= 15 is 0 Å². The van der Waals surface area contributed by atoms with Crippen LogP contribution in [-0.2, 0) is 0 Å². The Morgan fingerprint density at radius 2 is 1.13 bits per heavy atom. The van der Waals surface area contributed by atoms with E-state index in [0.717, 1.165) is 0 Å². The van der Waals surface area contributed by atoms with Gasteiger partial charge in [0.15, 0.2) is 0 Å². The van der Waals surface area contributed by atoms with Crippen LogP contribution in [-0.4, -0.2) is 12.5 Å². The van der Waals surface area contributed by atoms with Crippen molar-refractivity contribution in [2.24, 2.45) is 0 Å². The maximum atomic E-state index is 2.45. The van der Waals surface area contributed by atoms with Gasteiger partial charge in [-0.05, 0) is 12.1 Å². The Morgan fingerprint density at radius 3 is 1.61 bits per heavy atom. The molecule has 0 bridgehead atoms. The van der Waals surface area contributed by atoms with Crippen LogP contribution in [0.5, 0.6) is 0 Å². The molecule has 0 radical (unpaired) electrons. The van der Waals surface area contributed by atoms with Crippen LogP contribution < -0.4 is 5.19 Å². The highest BCUT2D eigenvalue weighted by atomic mass is 28.3. The highest BCUT2D eigenvalue weighted by Crippen LogP contribution is 2.38. The summed E-state index contributed by atoms with van der Waals surface area (Å²) in [6.45, 7) is 7.29. The van der Waals surface area contributed by atoms with Crippen molar-refractivity contribution in [3.05, 3.63) is 60.7 Å². The second kappa shape index (κ2) is 4.15. The monoisotopic (exact) mass is 313 g/mol. The number of benzene rings is 3. The molecule has 112 valence electrons. The van der Waals surface area contributed by atoms with Crippen molar-refractivity contribution >= 4 is 51.4 Å². The molecule has 23 heavy (non-hydrogen) atoms. The van der Waals surface area contributed by atoms with Crippen LogP contribution in [0.2, 0.25) is 19.6 Å². The standard InChI is InChI=1S/C21H19NSi/c1-23(2,3)14-12-17-15-8-4-6-10-19(15)22-20-11-7-5-9-16(20)18(13-14)21(17)22/h4-13H,1-3H3. The molecule has 5 rings (SSSR count). The summed E-state index contributed by atoms with van der Waals surface area (Å²) in [5, 5.41) is 7.11. The molecule has 0 N–H and O–H groups in total. The lowest BCUT2D eigenvalue weighted by molar-refractivity contribution is 1.37. The van der Waals surface area contributed by atoms with Crippen LogP contribution in [0.1, 0.15) is 0 Å². The van der Waals surface area contributed by atoms with E-state index in [9.17, 15) is 0 Å².